The van der Waals surface area contributed by atoms with E-state index in [9.17, 15) is 0 Å². The smallest absolute Gasteiger partial charge is 0.0386 e. The molecule has 1 saturated heterocycles. The maximum Gasteiger partial charge on any atom is 0.0386 e. The minimum Gasteiger partial charge on any atom is -0.308 e. The molecule has 1 aliphatic heterocycles. The number of hydrogen-bond donors (Lipinski definition) is 1. The number of rotatable bonds is 8. The molecule has 0 aromatic carbocycles. The summed E-state index contributed by atoms with van der Waals surface area (Å²) in [6.07, 6.45) is 2.78. The van der Waals surface area contributed by atoms with Gasteiger partial charge in [-0.1, -0.05) is 6.07 Å². The van der Waals surface area contributed by atoms with Gasteiger partial charge >= 0.3 is 0 Å². The number of nitrogens with zero attached hydrogens (tertiary/aromatic N) is 2. The van der Waals surface area contributed by atoms with Gasteiger partial charge in [0.25, 0.3) is 0 Å². The molecule has 2 rings (SSSR count). The van der Waals surface area contributed by atoms with Crippen LogP contribution in [0.4, 0.5) is 0 Å². The fraction of sp³-hybridized carbons (Fsp3) is 0.733. The molecule has 108 valence electrons. The summed E-state index contributed by atoms with van der Waals surface area (Å²) in [5.74, 6) is 0. The third kappa shape index (κ3) is 5.22. The summed E-state index contributed by atoms with van der Waals surface area (Å²) in [6.45, 7) is 9.48. The van der Waals surface area contributed by atoms with Gasteiger partial charge in [0.05, 0.1) is 0 Å². The molecule has 1 fully saturated rings. The molecule has 1 aromatic heterocycles. The van der Waals surface area contributed by atoms with Crippen molar-refractivity contribution in [2.24, 2.45) is 0 Å². The standard InChI is InChI=1S/C15H27N3S/c1-14(15-6-5-13-19-15)16-7-10-17(2)11-12-18-8-3-4-9-18/h5-6,13-14,16H,3-4,7-12H2,1-2H3. The Kier molecular flexibility index (Phi) is 6.31. The van der Waals surface area contributed by atoms with Crippen molar-refractivity contribution in [3.63, 3.8) is 0 Å². The molecule has 0 bridgehead atoms. The molecule has 19 heavy (non-hydrogen) atoms. The van der Waals surface area contributed by atoms with Gasteiger partial charge in [0, 0.05) is 37.1 Å². The van der Waals surface area contributed by atoms with Gasteiger partial charge in [-0.2, -0.15) is 0 Å². The minimum absolute atomic E-state index is 0.479. The predicted molar refractivity (Wildman–Crippen MR) is 83.9 cm³/mol. The lowest BCUT2D eigenvalue weighted by Crippen LogP contribution is -2.35. The number of likely N-dealkylation sites (N-methyl/N-ethyl adjacent to an activating group) is 1. The van der Waals surface area contributed by atoms with Crippen LogP contribution in [0, 0.1) is 0 Å². The van der Waals surface area contributed by atoms with Crippen LogP contribution in [0.3, 0.4) is 0 Å². The van der Waals surface area contributed by atoms with Gasteiger partial charge < -0.3 is 15.1 Å². The average molecular weight is 281 g/mol. The van der Waals surface area contributed by atoms with Crippen LogP contribution in [-0.4, -0.2) is 56.1 Å². The lowest BCUT2D eigenvalue weighted by molar-refractivity contribution is 0.255. The summed E-state index contributed by atoms with van der Waals surface area (Å²) in [4.78, 5) is 6.45. The van der Waals surface area contributed by atoms with Crippen molar-refractivity contribution in [2.75, 3.05) is 46.3 Å². The van der Waals surface area contributed by atoms with Gasteiger partial charge in [0.15, 0.2) is 0 Å². The Bertz CT molecular complexity index is 333. The predicted octanol–water partition coefficient (Wildman–Crippen LogP) is 2.43. The lowest BCUT2D eigenvalue weighted by atomic mass is 10.3. The summed E-state index contributed by atoms with van der Waals surface area (Å²) in [5.41, 5.74) is 0. The molecule has 2 heterocycles. The highest BCUT2D eigenvalue weighted by Crippen LogP contribution is 2.17. The van der Waals surface area contributed by atoms with Crippen molar-refractivity contribution in [1.29, 1.82) is 0 Å². The first-order chi connectivity index (χ1) is 9.25. The molecular formula is C15H27N3S. The highest BCUT2D eigenvalue weighted by atomic mass is 32.1. The van der Waals surface area contributed by atoms with E-state index in [1.807, 2.05) is 11.3 Å². The zero-order valence-corrected chi connectivity index (χ0v) is 13.1. The van der Waals surface area contributed by atoms with E-state index in [0.29, 0.717) is 6.04 Å². The number of hydrogen-bond acceptors (Lipinski definition) is 4. The second-order valence-electron chi connectivity index (χ2n) is 5.54. The molecule has 4 heteroatoms. The average Bonchev–Trinajstić information content (AvgIpc) is 3.09. The van der Waals surface area contributed by atoms with Gasteiger partial charge in [-0.05, 0) is 51.3 Å². The zero-order chi connectivity index (χ0) is 13.5. The van der Waals surface area contributed by atoms with Crippen LogP contribution in [-0.2, 0) is 0 Å². The van der Waals surface area contributed by atoms with Crippen molar-refractivity contribution < 1.29 is 0 Å². The van der Waals surface area contributed by atoms with E-state index in [0.717, 1.165) is 13.1 Å². The fourth-order valence-corrected chi connectivity index (χ4v) is 3.30. The van der Waals surface area contributed by atoms with Crippen LogP contribution in [0.1, 0.15) is 30.7 Å². The summed E-state index contributed by atoms with van der Waals surface area (Å²) in [5, 5.41) is 5.75. The summed E-state index contributed by atoms with van der Waals surface area (Å²) in [6, 6.07) is 4.81. The third-order valence-corrected chi connectivity index (χ3v) is 4.97. The van der Waals surface area contributed by atoms with Gasteiger partial charge in [-0.3, -0.25) is 0 Å². The molecule has 0 spiro atoms. The SMILES string of the molecule is CC(NCCN(C)CCN1CCCC1)c1cccs1. The second kappa shape index (κ2) is 8.00. The van der Waals surface area contributed by atoms with E-state index < -0.39 is 0 Å². The Labute approximate surface area is 121 Å². The molecule has 1 unspecified atom stereocenters. The van der Waals surface area contributed by atoms with Crippen LogP contribution in [0.2, 0.25) is 0 Å². The van der Waals surface area contributed by atoms with E-state index in [4.69, 9.17) is 0 Å². The van der Waals surface area contributed by atoms with Crippen LogP contribution >= 0.6 is 11.3 Å². The van der Waals surface area contributed by atoms with Crippen molar-refractivity contribution in [3.8, 4) is 0 Å². The zero-order valence-electron chi connectivity index (χ0n) is 12.3. The highest BCUT2D eigenvalue weighted by molar-refractivity contribution is 7.10. The summed E-state index contributed by atoms with van der Waals surface area (Å²) in [7, 11) is 2.23. The maximum absolute atomic E-state index is 3.60. The van der Waals surface area contributed by atoms with E-state index in [-0.39, 0.29) is 0 Å². The van der Waals surface area contributed by atoms with Gasteiger partial charge in [0.2, 0.25) is 0 Å². The first kappa shape index (κ1) is 15.0. The van der Waals surface area contributed by atoms with E-state index in [1.165, 1.54) is 43.9 Å². The van der Waals surface area contributed by atoms with Crippen molar-refractivity contribution in [1.82, 2.24) is 15.1 Å². The Morgan fingerprint density at radius 1 is 1.37 bits per heavy atom. The van der Waals surface area contributed by atoms with E-state index in [2.05, 4.69) is 46.6 Å². The first-order valence-electron chi connectivity index (χ1n) is 7.43. The van der Waals surface area contributed by atoms with Crippen LogP contribution in [0.5, 0.6) is 0 Å². The minimum atomic E-state index is 0.479. The molecule has 0 radical (unpaired) electrons. The monoisotopic (exact) mass is 281 g/mol. The topological polar surface area (TPSA) is 18.5 Å². The Hall–Kier alpha value is -0.420. The molecular weight excluding hydrogens is 254 g/mol. The summed E-state index contributed by atoms with van der Waals surface area (Å²) < 4.78 is 0. The molecule has 0 saturated carbocycles. The number of likely N-dealkylation sites (tertiary alicyclic amines) is 1. The largest absolute Gasteiger partial charge is 0.308 e. The van der Waals surface area contributed by atoms with Gasteiger partial charge in [-0.25, -0.2) is 0 Å². The molecule has 1 atom stereocenters. The van der Waals surface area contributed by atoms with Crippen molar-refractivity contribution in [2.45, 2.75) is 25.8 Å². The Morgan fingerprint density at radius 3 is 2.84 bits per heavy atom. The van der Waals surface area contributed by atoms with Crippen molar-refractivity contribution >= 4 is 11.3 Å². The van der Waals surface area contributed by atoms with Gasteiger partial charge in [0.1, 0.15) is 0 Å². The number of thiophene rings is 1. The lowest BCUT2D eigenvalue weighted by Gasteiger charge is -2.22. The molecule has 0 amide bonds. The molecule has 1 N–H and O–H groups in total. The van der Waals surface area contributed by atoms with Crippen LogP contribution in [0.15, 0.2) is 17.5 Å². The van der Waals surface area contributed by atoms with Crippen LogP contribution in [0.25, 0.3) is 0 Å². The quantitative estimate of drug-likeness (QED) is 0.789. The maximum atomic E-state index is 3.60. The number of nitrogens with one attached hydrogen (secondary N) is 1. The normalized spacial score (nSPS) is 18.3. The molecule has 0 aliphatic carbocycles. The highest BCUT2D eigenvalue weighted by Gasteiger charge is 2.11. The van der Waals surface area contributed by atoms with Crippen LogP contribution < -0.4 is 5.32 Å². The second-order valence-corrected chi connectivity index (χ2v) is 6.52. The van der Waals surface area contributed by atoms with E-state index >= 15 is 0 Å². The van der Waals surface area contributed by atoms with Crippen molar-refractivity contribution in [3.05, 3.63) is 22.4 Å². The fourth-order valence-electron chi connectivity index (χ4n) is 2.54. The third-order valence-electron chi connectivity index (χ3n) is 3.91. The first-order valence-corrected chi connectivity index (χ1v) is 8.31. The molecule has 1 aromatic rings. The van der Waals surface area contributed by atoms with Gasteiger partial charge in [-0.15, -0.1) is 11.3 Å². The Balaban J connectivity index is 1.54. The summed E-state index contributed by atoms with van der Waals surface area (Å²) >= 11 is 1.83. The molecule has 3 nitrogen and oxygen atoms in total. The molecule has 1 aliphatic rings. The Morgan fingerprint density at radius 2 is 2.16 bits per heavy atom. The van der Waals surface area contributed by atoms with E-state index in [1.54, 1.807) is 0 Å².